The Morgan fingerprint density at radius 3 is 2.62 bits per heavy atom. The van der Waals surface area contributed by atoms with Gasteiger partial charge >= 0.3 is 0 Å². The van der Waals surface area contributed by atoms with Crippen molar-refractivity contribution in [1.29, 1.82) is 0 Å². The van der Waals surface area contributed by atoms with Crippen LogP contribution in [0.4, 0.5) is 5.95 Å². The second-order valence-electron chi connectivity index (χ2n) is 6.12. The number of pyridine rings is 1. The lowest BCUT2D eigenvalue weighted by Gasteiger charge is -2.26. The number of hydrogen-bond acceptors (Lipinski definition) is 7. The summed E-state index contributed by atoms with van der Waals surface area (Å²) in [7, 11) is -3.05. The van der Waals surface area contributed by atoms with Crippen LogP contribution < -0.4 is 5.32 Å². The van der Waals surface area contributed by atoms with E-state index < -0.39 is 9.84 Å². The van der Waals surface area contributed by atoms with Gasteiger partial charge in [-0.3, -0.25) is 9.78 Å². The van der Waals surface area contributed by atoms with Crippen molar-refractivity contribution in [2.75, 3.05) is 23.4 Å². The van der Waals surface area contributed by atoms with Crippen LogP contribution >= 0.6 is 0 Å². The fourth-order valence-corrected chi connectivity index (χ4v) is 4.69. The molecule has 0 radical (unpaired) electrons. The molecule has 0 bridgehead atoms. The molecule has 8 nitrogen and oxygen atoms in total. The fourth-order valence-electron chi connectivity index (χ4n) is 2.96. The van der Waals surface area contributed by atoms with Crippen LogP contribution in [0.3, 0.4) is 0 Å². The first-order valence-corrected chi connectivity index (χ1v) is 10.3. The Morgan fingerprint density at radius 2 is 2.04 bits per heavy atom. The molecular formula is C17H21N5O3S. The summed E-state index contributed by atoms with van der Waals surface area (Å²) in [5.74, 6) is 0.315. The van der Waals surface area contributed by atoms with E-state index >= 15 is 0 Å². The van der Waals surface area contributed by atoms with Crippen LogP contribution in [0.2, 0.25) is 0 Å². The molecule has 0 saturated carbocycles. The number of aromatic nitrogens is 3. The van der Waals surface area contributed by atoms with Gasteiger partial charge < -0.3 is 10.2 Å². The Labute approximate surface area is 152 Å². The van der Waals surface area contributed by atoms with Crippen LogP contribution in [0.25, 0.3) is 0 Å². The zero-order valence-electron chi connectivity index (χ0n) is 14.5. The van der Waals surface area contributed by atoms with Gasteiger partial charge in [-0.05, 0) is 25.5 Å². The van der Waals surface area contributed by atoms with E-state index in [9.17, 15) is 13.2 Å². The van der Waals surface area contributed by atoms with Gasteiger partial charge in [0.15, 0.2) is 9.84 Å². The van der Waals surface area contributed by atoms with Gasteiger partial charge in [0.25, 0.3) is 5.91 Å². The Bertz CT molecular complexity index is 856. The quantitative estimate of drug-likeness (QED) is 0.807. The van der Waals surface area contributed by atoms with Crippen LogP contribution in [-0.2, 0) is 16.4 Å². The molecule has 1 fully saturated rings. The van der Waals surface area contributed by atoms with Crippen LogP contribution in [0, 0.1) is 0 Å². The Hall–Kier alpha value is -2.55. The van der Waals surface area contributed by atoms with Crippen LogP contribution in [-0.4, -0.2) is 58.3 Å². The first-order valence-electron chi connectivity index (χ1n) is 8.45. The van der Waals surface area contributed by atoms with Gasteiger partial charge in [0, 0.05) is 31.2 Å². The number of nitrogens with one attached hydrogen (secondary N) is 1. The summed E-state index contributed by atoms with van der Waals surface area (Å²) >= 11 is 0. The minimum Gasteiger partial charge on any atom is -0.349 e. The van der Waals surface area contributed by atoms with Crippen molar-refractivity contribution in [2.24, 2.45) is 0 Å². The molecule has 138 valence electrons. The molecule has 1 aliphatic rings. The van der Waals surface area contributed by atoms with Crippen molar-refractivity contribution < 1.29 is 13.2 Å². The molecule has 1 amide bonds. The van der Waals surface area contributed by atoms with Crippen LogP contribution in [0.5, 0.6) is 0 Å². The van der Waals surface area contributed by atoms with E-state index in [1.807, 2.05) is 25.1 Å². The lowest BCUT2D eigenvalue weighted by atomic mass is 10.2. The van der Waals surface area contributed by atoms with E-state index in [-0.39, 0.29) is 23.5 Å². The Kier molecular flexibility index (Phi) is 5.46. The minimum atomic E-state index is -3.05. The SMILES string of the molecule is CCN(C(=O)c1cnc(NCc2ccccn2)nc1)C1CCS(=O)(=O)C1. The molecule has 26 heavy (non-hydrogen) atoms. The summed E-state index contributed by atoms with van der Waals surface area (Å²) in [6, 6.07) is 5.35. The number of anilines is 1. The molecule has 2 aromatic heterocycles. The van der Waals surface area contributed by atoms with Gasteiger partial charge in [-0.1, -0.05) is 6.07 Å². The van der Waals surface area contributed by atoms with Crippen molar-refractivity contribution in [1.82, 2.24) is 19.9 Å². The lowest BCUT2D eigenvalue weighted by Crippen LogP contribution is -2.41. The molecule has 0 spiro atoms. The highest BCUT2D eigenvalue weighted by Crippen LogP contribution is 2.19. The highest BCUT2D eigenvalue weighted by atomic mass is 32.2. The van der Waals surface area contributed by atoms with Gasteiger partial charge in [0.2, 0.25) is 5.95 Å². The first kappa shape index (κ1) is 18.2. The van der Waals surface area contributed by atoms with E-state index in [0.29, 0.717) is 31.0 Å². The van der Waals surface area contributed by atoms with E-state index in [1.54, 1.807) is 11.1 Å². The van der Waals surface area contributed by atoms with E-state index in [1.165, 1.54) is 12.4 Å². The monoisotopic (exact) mass is 375 g/mol. The maximum absolute atomic E-state index is 12.7. The molecule has 2 aromatic rings. The maximum Gasteiger partial charge on any atom is 0.257 e. The number of nitrogens with zero attached hydrogens (tertiary/aromatic N) is 4. The molecule has 1 aliphatic heterocycles. The Morgan fingerprint density at radius 1 is 1.27 bits per heavy atom. The topological polar surface area (TPSA) is 105 Å². The molecule has 1 unspecified atom stereocenters. The van der Waals surface area contributed by atoms with Crippen molar-refractivity contribution in [2.45, 2.75) is 25.9 Å². The van der Waals surface area contributed by atoms with Crippen molar-refractivity contribution in [3.63, 3.8) is 0 Å². The predicted octanol–water partition coefficient (Wildman–Crippen LogP) is 1.13. The third-order valence-electron chi connectivity index (χ3n) is 4.30. The molecule has 9 heteroatoms. The van der Waals surface area contributed by atoms with E-state index in [2.05, 4.69) is 20.3 Å². The van der Waals surface area contributed by atoms with Crippen molar-refractivity contribution in [3.05, 3.63) is 48.0 Å². The molecule has 1 N–H and O–H groups in total. The zero-order valence-corrected chi connectivity index (χ0v) is 15.3. The molecule has 3 rings (SSSR count). The van der Waals surface area contributed by atoms with Gasteiger partial charge in [-0.25, -0.2) is 18.4 Å². The van der Waals surface area contributed by atoms with Crippen molar-refractivity contribution >= 4 is 21.7 Å². The number of carbonyl (C=O) groups excluding carboxylic acids is 1. The molecule has 0 aliphatic carbocycles. The average molecular weight is 375 g/mol. The molecule has 0 aromatic carbocycles. The van der Waals surface area contributed by atoms with E-state index in [0.717, 1.165) is 5.69 Å². The average Bonchev–Trinajstić information content (AvgIpc) is 3.01. The minimum absolute atomic E-state index is 0.0250. The normalized spacial score (nSPS) is 18.4. The number of rotatable bonds is 6. The van der Waals surface area contributed by atoms with Gasteiger partial charge in [-0.15, -0.1) is 0 Å². The van der Waals surface area contributed by atoms with Crippen LogP contribution in [0.1, 0.15) is 29.4 Å². The smallest absolute Gasteiger partial charge is 0.257 e. The molecule has 1 atom stereocenters. The predicted molar refractivity (Wildman–Crippen MR) is 97.4 cm³/mol. The van der Waals surface area contributed by atoms with Gasteiger partial charge in [0.1, 0.15) is 0 Å². The summed E-state index contributed by atoms with van der Waals surface area (Å²) in [5, 5.41) is 3.05. The number of sulfone groups is 1. The Balaban J connectivity index is 1.64. The summed E-state index contributed by atoms with van der Waals surface area (Å²) in [6.45, 7) is 2.76. The second kappa shape index (κ2) is 7.77. The second-order valence-corrected chi connectivity index (χ2v) is 8.35. The first-order chi connectivity index (χ1) is 12.5. The molecule has 3 heterocycles. The van der Waals surface area contributed by atoms with Gasteiger partial charge in [0.05, 0.1) is 29.3 Å². The molecule has 1 saturated heterocycles. The standard InChI is InChI=1S/C17H21N5O3S/c1-2-22(15-6-8-26(24,25)12-15)16(23)13-9-19-17(20-10-13)21-11-14-5-3-4-7-18-14/h3-5,7,9-10,15H,2,6,8,11-12H2,1H3,(H,19,20,21). The van der Waals surface area contributed by atoms with Crippen LogP contribution in [0.15, 0.2) is 36.8 Å². The maximum atomic E-state index is 12.7. The summed E-state index contributed by atoms with van der Waals surface area (Å²) in [6.07, 6.45) is 5.11. The largest absolute Gasteiger partial charge is 0.349 e. The third kappa shape index (κ3) is 4.34. The highest BCUT2D eigenvalue weighted by Gasteiger charge is 2.34. The van der Waals surface area contributed by atoms with Gasteiger partial charge in [-0.2, -0.15) is 0 Å². The number of amides is 1. The van der Waals surface area contributed by atoms with E-state index in [4.69, 9.17) is 0 Å². The van der Waals surface area contributed by atoms with Crippen molar-refractivity contribution in [3.8, 4) is 0 Å². The zero-order chi connectivity index (χ0) is 18.6. The third-order valence-corrected chi connectivity index (χ3v) is 6.05. The lowest BCUT2D eigenvalue weighted by molar-refractivity contribution is 0.0707. The molecular weight excluding hydrogens is 354 g/mol. The summed E-state index contributed by atoms with van der Waals surface area (Å²) in [5.41, 5.74) is 1.20. The fraction of sp³-hybridized carbons (Fsp3) is 0.412. The number of hydrogen-bond donors (Lipinski definition) is 1. The number of carbonyl (C=O) groups is 1. The highest BCUT2D eigenvalue weighted by molar-refractivity contribution is 7.91. The summed E-state index contributed by atoms with van der Waals surface area (Å²) < 4.78 is 23.4. The summed E-state index contributed by atoms with van der Waals surface area (Å²) in [4.78, 5) is 26.8.